The third-order valence-corrected chi connectivity index (χ3v) is 5.19. The van der Waals surface area contributed by atoms with Gasteiger partial charge in [-0.05, 0) is 42.1 Å². The van der Waals surface area contributed by atoms with Gasteiger partial charge in [-0.25, -0.2) is 4.98 Å². The number of amides is 1. The molecule has 0 fully saturated rings. The Morgan fingerprint density at radius 3 is 2.62 bits per heavy atom. The molecule has 0 radical (unpaired) electrons. The molecule has 1 N–H and O–H groups in total. The number of para-hydroxylation sites is 1. The van der Waals surface area contributed by atoms with Gasteiger partial charge >= 0.3 is 0 Å². The largest absolute Gasteiger partial charge is 0.497 e. The van der Waals surface area contributed by atoms with Gasteiger partial charge < -0.3 is 19.2 Å². The number of fused-ring (bicyclic) bond motifs is 1. The molecule has 0 saturated heterocycles. The Kier molecular flexibility index (Phi) is 5.08. The number of nitrogens with one attached hydrogen (secondary N) is 1. The van der Waals surface area contributed by atoms with Crippen LogP contribution in [0.15, 0.2) is 67.0 Å². The van der Waals surface area contributed by atoms with E-state index in [1.165, 1.54) is 0 Å². The van der Waals surface area contributed by atoms with E-state index in [-0.39, 0.29) is 18.5 Å². The molecule has 6 heteroatoms. The fourth-order valence-electron chi connectivity index (χ4n) is 3.66. The smallest absolute Gasteiger partial charge is 0.240 e. The molecule has 0 saturated carbocycles. The molecule has 4 aromatic rings. The molecule has 148 valence electrons. The maximum Gasteiger partial charge on any atom is 0.240 e. The fraction of sp³-hybridized carbons (Fsp3) is 0.217. The van der Waals surface area contributed by atoms with Crippen LogP contribution in [-0.4, -0.2) is 27.1 Å². The summed E-state index contributed by atoms with van der Waals surface area (Å²) < 4.78 is 9.22. The quantitative estimate of drug-likeness (QED) is 0.549. The number of hydrogen-bond donors (Lipinski definition) is 1. The molecule has 0 bridgehead atoms. The summed E-state index contributed by atoms with van der Waals surface area (Å²) in [5, 5.41) is 4.29. The van der Waals surface area contributed by atoms with Crippen LogP contribution in [0.2, 0.25) is 0 Å². The highest BCUT2D eigenvalue weighted by atomic mass is 16.5. The summed E-state index contributed by atoms with van der Waals surface area (Å²) in [5.41, 5.74) is 3.06. The molecule has 1 atom stereocenters. The highest BCUT2D eigenvalue weighted by Crippen LogP contribution is 2.24. The van der Waals surface area contributed by atoms with Crippen LogP contribution in [0, 0.1) is 6.92 Å². The minimum Gasteiger partial charge on any atom is -0.497 e. The monoisotopic (exact) mass is 388 g/mol. The number of carbonyl (C=O) groups is 1. The summed E-state index contributed by atoms with van der Waals surface area (Å²) in [6, 6.07) is 17.5. The fourth-order valence-corrected chi connectivity index (χ4v) is 3.66. The maximum atomic E-state index is 13.0. The first-order chi connectivity index (χ1) is 14.1. The van der Waals surface area contributed by atoms with Gasteiger partial charge in [-0.2, -0.15) is 0 Å². The molecule has 0 aliphatic rings. The van der Waals surface area contributed by atoms with Gasteiger partial charge in [0.25, 0.3) is 0 Å². The van der Waals surface area contributed by atoms with Crippen molar-refractivity contribution in [2.45, 2.75) is 19.5 Å². The predicted molar refractivity (Wildman–Crippen MR) is 113 cm³/mol. The first-order valence-electron chi connectivity index (χ1n) is 9.52. The van der Waals surface area contributed by atoms with Gasteiger partial charge in [-0.1, -0.05) is 30.3 Å². The molecule has 0 spiro atoms. The molecule has 2 heterocycles. The molecule has 0 aliphatic carbocycles. The second kappa shape index (κ2) is 7.83. The third kappa shape index (κ3) is 3.74. The molecule has 2 aromatic carbocycles. The molecular formula is C23H24N4O2. The Labute approximate surface area is 169 Å². The second-order valence-corrected chi connectivity index (χ2v) is 7.10. The van der Waals surface area contributed by atoms with Crippen molar-refractivity contribution in [3.63, 3.8) is 0 Å². The summed E-state index contributed by atoms with van der Waals surface area (Å²) in [6.45, 7) is 2.27. The second-order valence-electron chi connectivity index (χ2n) is 7.10. The number of nitrogens with zero attached hydrogens (tertiary/aromatic N) is 3. The number of benzene rings is 2. The lowest BCUT2D eigenvalue weighted by atomic mass is 10.1. The van der Waals surface area contributed by atoms with E-state index in [0.717, 1.165) is 33.7 Å². The highest BCUT2D eigenvalue weighted by Gasteiger charge is 2.21. The van der Waals surface area contributed by atoms with Gasteiger partial charge in [-0.15, -0.1) is 0 Å². The van der Waals surface area contributed by atoms with E-state index >= 15 is 0 Å². The van der Waals surface area contributed by atoms with Crippen molar-refractivity contribution in [3.05, 3.63) is 84.1 Å². The standard InChI is InChI=1S/C23H24N4O2/c1-16-14-18-6-4-5-7-20(18)27(16)15-21(28)25-22(23-24-12-13-26(23)2)17-8-10-19(29-3)11-9-17/h4-14,22H,15H2,1-3H3,(H,25,28)/t22-/m0/s1. The molecule has 0 unspecified atom stereocenters. The molecule has 1 amide bonds. The molecule has 29 heavy (non-hydrogen) atoms. The van der Waals surface area contributed by atoms with Crippen molar-refractivity contribution >= 4 is 16.8 Å². The zero-order valence-electron chi connectivity index (χ0n) is 16.8. The summed E-state index contributed by atoms with van der Waals surface area (Å²) >= 11 is 0. The van der Waals surface area contributed by atoms with E-state index in [0.29, 0.717) is 0 Å². The zero-order chi connectivity index (χ0) is 20.4. The summed E-state index contributed by atoms with van der Waals surface area (Å²) in [4.78, 5) is 17.5. The lowest BCUT2D eigenvalue weighted by Gasteiger charge is -2.20. The van der Waals surface area contributed by atoms with Crippen molar-refractivity contribution in [1.82, 2.24) is 19.4 Å². The highest BCUT2D eigenvalue weighted by molar-refractivity contribution is 5.84. The van der Waals surface area contributed by atoms with E-state index in [4.69, 9.17) is 4.74 Å². The number of rotatable bonds is 6. The first kappa shape index (κ1) is 18.8. The van der Waals surface area contributed by atoms with Crippen molar-refractivity contribution in [3.8, 4) is 5.75 Å². The van der Waals surface area contributed by atoms with Crippen LogP contribution in [0.1, 0.15) is 23.1 Å². The van der Waals surface area contributed by atoms with E-state index in [1.807, 2.05) is 71.8 Å². The van der Waals surface area contributed by atoms with Crippen LogP contribution in [-0.2, 0) is 18.4 Å². The topological polar surface area (TPSA) is 61.1 Å². The first-order valence-corrected chi connectivity index (χ1v) is 9.52. The average molecular weight is 388 g/mol. The van der Waals surface area contributed by atoms with Crippen LogP contribution in [0.3, 0.4) is 0 Å². The minimum atomic E-state index is -0.351. The van der Waals surface area contributed by atoms with Crippen molar-refractivity contribution in [2.24, 2.45) is 7.05 Å². The van der Waals surface area contributed by atoms with Gasteiger partial charge in [0.2, 0.25) is 5.91 Å². The number of ether oxygens (including phenoxy) is 1. The number of carbonyl (C=O) groups excluding carboxylic acids is 1. The maximum absolute atomic E-state index is 13.0. The number of methoxy groups -OCH3 is 1. The Hall–Kier alpha value is -3.54. The van der Waals surface area contributed by atoms with Gasteiger partial charge in [-0.3, -0.25) is 4.79 Å². The van der Waals surface area contributed by atoms with Crippen LogP contribution >= 0.6 is 0 Å². The van der Waals surface area contributed by atoms with E-state index < -0.39 is 0 Å². The van der Waals surface area contributed by atoms with Crippen molar-refractivity contribution < 1.29 is 9.53 Å². The molecule has 6 nitrogen and oxygen atoms in total. The number of aromatic nitrogens is 3. The lowest BCUT2D eigenvalue weighted by molar-refractivity contribution is -0.122. The van der Waals surface area contributed by atoms with E-state index in [9.17, 15) is 4.79 Å². The van der Waals surface area contributed by atoms with Gasteiger partial charge in [0.05, 0.1) is 7.11 Å². The third-order valence-electron chi connectivity index (χ3n) is 5.19. The molecule has 2 aromatic heterocycles. The number of imidazole rings is 1. The minimum absolute atomic E-state index is 0.0710. The summed E-state index contributed by atoms with van der Waals surface area (Å²) in [5.74, 6) is 1.48. The van der Waals surface area contributed by atoms with Crippen LogP contribution < -0.4 is 10.1 Å². The Morgan fingerprint density at radius 2 is 1.93 bits per heavy atom. The average Bonchev–Trinajstić information content (AvgIpc) is 3.29. The van der Waals surface area contributed by atoms with E-state index in [1.54, 1.807) is 13.3 Å². The Bertz CT molecular complexity index is 1140. The van der Waals surface area contributed by atoms with Gasteiger partial charge in [0, 0.05) is 30.7 Å². The number of hydrogen-bond acceptors (Lipinski definition) is 3. The van der Waals surface area contributed by atoms with Crippen LogP contribution in [0.5, 0.6) is 5.75 Å². The lowest BCUT2D eigenvalue weighted by Crippen LogP contribution is -2.33. The number of aryl methyl sites for hydroxylation is 2. The normalized spacial score (nSPS) is 12.1. The van der Waals surface area contributed by atoms with E-state index in [2.05, 4.69) is 22.4 Å². The van der Waals surface area contributed by atoms with Crippen LogP contribution in [0.25, 0.3) is 10.9 Å². The van der Waals surface area contributed by atoms with Crippen LogP contribution in [0.4, 0.5) is 0 Å². The molecule has 4 rings (SSSR count). The van der Waals surface area contributed by atoms with Gasteiger partial charge in [0.15, 0.2) is 0 Å². The van der Waals surface area contributed by atoms with Crippen molar-refractivity contribution in [2.75, 3.05) is 7.11 Å². The predicted octanol–water partition coefficient (Wildman–Crippen LogP) is 3.60. The van der Waals surface area contributed by atoms with Gasteiger partial charge in [0.1, 0.15) is 24.2 Å². The Morgan fingerprint density at radius 1 is 1.17 bits per heavy atom. The SMILES string of the molecule is COc1ccc([C@H](NC(=O)Cn2c(C)cc3ccccc32)c2nccn2C)cc1. The zero-order valence-corrected chi connectivity index (χ0v) is 16.8. The molecular weight excluding hydrogens is 364 g/mol. The Balaban J connectivity index is 1.62. The summed E-state index contributed by atoms with van der Waals surface area (Å²) in [7, 11) is 3.56. The van der Waals surface area contributed by atoms with Crippen molar-refractivity contribution in [1.29, 1.82) is 0 Å². The molecule has 0 aliphatic heterocycles. The summed E-state index contributed by atoms with van der Waals surface area (Å²) in [6.07, 6.45) is 3.61.